The fourth-order valence-corrected chi connectivity index (χ4v) is 3.90. The van der Waals surface area contributed by atoms with Gasteiger partial charge in [0.05, 0.1) is 12.1 Å². The molecular weight excluding hydrogens is 310 g/mol. The van der Waals surface area contributed by atoms with E-state index in [1.54, 1.807) is 11.4 Å². The predicted molar refractivity (Wildman–Crippen MR) is 91.6 cm³/mol. The molecule has 1 heterocycles. The van der Waals surface area contributed by atoms with Gasteiger partial charge in [-0.25, -0.2) is 0 Å². The molecule has 3 N–H and O–H groups in total. The van der Waals surface area contributed by atoms with Gasteiger partial charge in [0.2, 0.25) is 5.91 Å². The average molecular weight is 329 g/mol. The number of fused-ring (bicyclic) bond motifs is 1. The number of aryl methyl sites for hydroxylation is 1. The van der Waals surface area contributed by atoms with Crippen LogP contribution in [0.15, 0.2) is 35.7 Å². The molecule has 0 saturated carbocycles. The van der Waals surface area contributed by atoms with E-state index in [2.05, 4.69) is 28.4 Å². The second-order valence-corrected chi connectivity index (χ2v) is 6.66. The number of hydrogen-bond donors (Lipinski definition) is 2. The highest BCUT2D eigenvalue weighted by molar-refractivity contribution is 7.14. The highest BCUT2D eigenvalue weighted by Crippen LogP contribution is 2.34. The minimum Gasteiger partial charge on any atom is -0.366 e. The number of thiophene rings is 1. The molecule has 1 atom stereocenters. The lowest BCUT2D eigenvalue weighted by molar-refractivity contribution is -0.117. The molecule has 2 aromatic rings. The Morgan fingerprint density at radius 3 is 2.91 bits per heavy atom. The van der Waals surface area contributed by atoms with Crippen LogP contribution < -0.4 is 11.1 Å². The number of carbonyl (C=O) groups excluding carboxylic acids is 2. The summed E-state index contributed by atoms with van der Waals surface area (Å²) in [7, 11) is 1.95. The van der Waals surface area contributed by atoms with E-state index in [-0.39, 0.29) is 18.5 Å². The first kappa shape index (κ1) is 15.7. The Morgan fingerprint density at radius 2 is 2.13 bits per heavy atom. The third kappa shape index (κ3) is 3.28. The molecule has 0 bridgehead atoms. The molecule has 1 aromatic carbocycles. The van der Waals surface area contributed by atoms with E-state index < -0.39 is 5.91 Å². The summed E-state index contributed by atoms with van der Waals surface area (Å²) in [6.07, 6.45) is 2.07. The molecule has 0 radical (unpaired) electrons. The van der Waals surface area contributed by atoms with Gasteiger partial charge in [-0.2, -0.15) is 0 Å². The van der Waals surface area contributed by atoms with Gasteiger partial charge in [0.15, 0.2) is 0 Å². The number of nitrogens with zero attached hydrogens (tertiary/aromatic N) is 1. The highest BCUT2D eigenvalue weighted by Gasteiger charge is 2.26. The summed E-state index contributed by atoms with van der Waals surface area (Å²) in [5.41, 5.74) is 8.32. The number of rotatable bonds is 5. The van der Waals surface area contributed by atoms with E-state index in [4.69, 9.17) is 5.73 Å². The van der Waals surface area contributed by atoms with E-state index in [0.717, 1.165) is 12.8 Å². The Hall–Kier alpha value is -2.18. The van der Waals surface area contributed by atoms with Gasteiger partial charge < -0.3 is 11.1 Å². The third-order valence-corrected chi connectivity index (χ3v) is 5.04. The van der Waals surface area contributed by atoms with Gasteiger partial charge in [0.25, 0.3) is 5.91 Å². The lowest BCUT2D eigenvalue weighted by atomic mass is 10.1. The summed E-state index contributed by atoms with van der Waals surface area (Å²) >= 11 is 1.30. The van der Waals surface area contributed by atoms with Gasteiger partial charge in [0, 0.05) is 6.04 Å². The van der Waals surface area contributed by atoms with E-state index >= 15 is 0 Å². The summed E-state index contributed by atoms with van der Waals surface area (Å²) in [4.78, 5) is 25.6. The molecule has 1 aromatic heterocycles. The lowest BCUT2D eigenvalue weighted by Gasteiger charge is -2.24. The van der Waals surface area contributed by atoms with Crippen molar-refractivity contribution in [2.24, 2.45) is 5.73 Å². The highest BCUT2D eigenvalue weighted by atomic mass is 32.1. The normalized spacial score (nSPS) is 16.3. The Balaban J connectivity index is 1.64. The molecule has 1 aliphatic carbocycles. The van der Waals surface area contributed by atoms with Crippen molar-refractivity contribution in [3.05, 3.63) is 52.4 Å². The van der Waals surface area contributed by atoms with E-state index in [0.29, 0.717) is 10.6 Å². The van der Waals surface area contributed by atoms with E-state index in [9.17, 15) is 9.59 Å². The van der Waals surface area contributed by atoms with Crippen LogP contribution in [0.2, 0.25) is 0 Å². The second-order valence-electron chi connectivity index (χ2n) is 5.74. The number of hydrogen-bond acceptors (Lipinski definition) is 4. The minimum absolute atomic E-state index is 0.137. The molecule has 2 amide bonds. The maximum absolute atomic E-state index is 12.3. The molecule has 0 aliphatic heterocycles. The molecule has 3 rings (SSSR count). The number of primary amides is 1. The van der Waals surface area contributed by atoms with E-state index in [1.807, 2.05) is 13.1 Å². The van der Waals surface area contributed by atoms with Crippen molar-refractivity contribution >= 4 is 28.2 Å². The van der Waals surface area contributed by atoms with E-state index in [1.165, 1.54) is 22.5 Å². The first-order valence-electron chi connectivity index (χ1n) is 7.51. The van der Waals surface area contributed by atoms with Crippen molar-refractivity contribution < 1.29 is 9.59 Å². The molecular formula is C17H19N3O2S. The maximum atomic E-state index is 12.3. The van der Waals surface area contributed by atoms with Crippen LogP contribution in [0.5, 0.6) is 0 Å². The number of carbonyl (C=O) groups is 2. The second kappa shape index (κ2) is 6.52. The van der Waals surface area contributed by atoms with Crippen molar-refractivity contribution in [1.82, 2.24) is 4.90 Å². The molecule has 0 saturated heterocycles. The van der Waals surface area contributed by atoms with Crippen molar-refractivity contribution in [3.63, 3.8) is 0 Å². The van der Waals surface area contributed by atoms with Crippen LogP contribution in [0.4, 0.5) is 5.00 Å². The van der Waals surface area contributed by atoms with Crippen molar-refractivity contribution in [3.8, 4) is 0 Å². The monoisotopic (exact) mass is 329 g/mol. The van der Waals surface area contributed by atoms with Gasteiger partial charge in [-0.1, -0.05) is 24.3 Å². The fraction of sp³-hybridized carbons (Fsp3) is 0.294. The van der Waals surface area contributed by atoms with Crippen LogP contribution in [-0.4, -0.2) is 30.3 Å². The number of nitrogens with one attached hydrogen (secondary N) is 1. The predicted octanol–water partition coefficient (Wildman–Crippen LogP) is 2.40. The van der Waals surface area contributed by atoms with Crippen LogP contribution in [0, 0.1) is 0 Å². The standard InChI is InChI=1S/C17H19N3O2S/c1-20(14-7-6-11-4-2-3-5-12(11)14)10-15(21)19-17-13(16(18)22)8-9-23-17/h2-5,8-9,14H,6-7,10H2,1H3,(H2,18,22)(H,19,21)/t14-/m1/s1. The smallest absolute Gasteiger partial charge is 0.251 e. The Morgan fingerprint density at radius 1 is 1.35 bits per heavy atom. The quantitative estimate of drug-likeness (QED) is 0.884. The van der Waals surface area contributed by atoms with Crippen molar-refractivity contribution in [2.75, 3.05) is 18.9 Å². The first-order valence-corrected chi connectivity index (χ1v) is 8.39. The molecule has 6 heteroatoms. The van der Waals surface area contributed by atoms with Crippen molar-refractivity contribution in [2.45, 2.75) is 18.9 Å². The summed E-state index contributed by atoms with van der Waals surface area (Å²) in [6.45, 7) is 0.273. The van der Waals surface area contributed by atoms with Gasteiger partial charge in [-0.3, -0.25) is 14.5 Å². The van der Waals surface area contributed by atoms with Crippen LogP contribution in [0.1, 0.15) is 33.9 Å². The fourth-order valence-electron chi connectivity index (χ4n) is 3.10. The summed E-state index contributed by atoms with van der Waals surface area (Å²) in [5, 5.41) is 5.05. The first-order chi connectivity index (χ1) is 11.1. The molecule has 0 unspecified atom stereocenters. The summed E-state index contributed by atoms with van der Waals surface area (Å²) in [5.74, 6) is -0.665. The number of amides is 2. The molecule has 23 heavy (non-hydrogen) atoms. The number of anilines is 1. The zero-order valence-corrected chi connectivity index (χ0v) is 13.7. The van der Waals surface area contributed by atoms with Crippen LogP contribution >= 0.6 is 11.3 Å². The van der Waals surface area contributed by atoms with Crippen LogP contribution in [0.25, 0.3) is 0 Å². The SMILES string of the molecule is CN(CC(=O)Nc1sccc1C(N)=O)[C@@H]1CCc2ccccc21. The molecule has 0 fully saturated rings. The van der Waals surface area contributed by atoms with Crippen LogP contribution in [-0.2, 0) is 11.2 Å². The average Bonchev–Trinajstić information content (AvgIpc) is 3.13. The summed E-state index contributed by atoms with van der Waals surface area (Å²) < 4.78 is 0. The zero-order valence-electron chi connectivity index (χ0n) is 12.9. The number of likely N-dealkylation sites (N-methyl/N-ethyl adjacent to an activating group) is 1. The third-order valence-electron chi connectivity index (χ3n) is 4.21. The van der Waals surface area contributed by atoms with Crippen LogP contribution in [0.3, 0.4) is 0 Å². The number of benzene rings is 1. The molecule has 120 valence electrons. The lowest BCUT2D eigenvalue weighted by Crippen LogP contribution is -2.32. The Kier molecular flexibility index (Phi) is 4.45. The Labute approximate surface area is 139 Å². The largest absolute Gasteiger partial charge is 0.366 e. The van der Waals surface area contributed by atoms with Gasteiger partial charge in [0.1, 0.15) is 5.00 Å². The van der Waals surface area contributed by atoms with Gasteiger partial charge in [-0.05, 0) is 42.5 Å². The molecule has 0 spiro atoms. The maximum Gasteiger partial charge on any atom is 0.251 e. The van der Waals surface area contributed by atoms with Gasteiger partial charge in [-0.15, -0.1) is 11.3 Å². The topological polar surface area (TPSA) is 75.4 Å². The zero-order chi connectivity index (χ0) is 16.4. The minimum atomic E-state index is -0.528. The Bertz CT molecular complexity index is 741. The molecule has 5 nitrogen and oxygen atoms in total. The molecule has 1 aliphatic rings. The number of nitrogens with two attached hydrogens (primary N) is 1. The summed E-state index contributed by atoms with van der Waals surface area (Å²) in [6, 6.07) is 10.3. The van der Waals surface area contributed by atoms with Gasteiger partial charge >= 0.3 is 0 Å². The van der Waals surface area contributed by atoms with Crippen molar-refractivity contribution in [1.29, 1.82) is 0 Å².